The van der Waals surface area contributed by atoms with Crippen LogP contribution in [0, 0.1) is 6.92 Å². The second-order valence-corrected chi connectivity index (χ2v) is 11.3. The van der Waals surface area contributed by atoms with E-state index in [0.29, 0.717) is 22.9 Å². The summed E-state index contributed by atoms with van der Waals surface area (Å²) >= 11 is 0. The zero-order valence-corrected chi connectivity index (χ0v) is 23.9. The molecule has 0 saturated carbocycles. The number of rotatable bonds is 6. The van der Waals surface area contributed by atoms with Crippen LogP contribution in [0.5, 0.6) is 0 Å². The van der Waals surface area contributed by atoms with Crippen molar-refractivity contribution >= 4 is 17.4 Å². The van der Waals surface area contributed by atoms with E-state index in [9.17, 15) is 9.59 Å². The lowest BCUT2D eigenvalue weighted by atomic mass is 9.94. The number of benzene rings is 3. The maximum absolute atomic E-state index is 13.7. The molecular weight excluding hydrogens is 508 g/mol. The number of hydrogen-bond acceptors (Lipinski definition) is 5. The Morgan fingerprint density at radius 3 is 2.49 bits per heavy atom. The Bertz CT molecular complexity index is 1560. The van der Waals surface area contributed by atoms with Crippen LogP contribution in [0.15, 0.2) is 108 Å². The molecule has 0 aromatic heterocycles. The van der Waals surface area contributed by atoms with Gasteiger partial charge in [0.2, 0.25) is 0 Å². The van der Waals surface area contributed by atoms with Gasteiger partial charge in [-0.3, -0.25) is 9.59 Å². The number of hydrogen-bond donors (Lipinski definition) is 2. The van der Waals surface area contributed by atoms with Crippen molar-refractivity contribution in [3.05, 3.63) is 125 Å². The summed E-state index contributed by atoms with van der Waals surface area (Å²) in [5.41, 5.74) is 8.46. The molecule has 0 bridgehead atoms. The number of carbonyl (C=O) groups is 2. The highest BCUT2D eigenvalue weighted by molar-refractivity contribution is 6.09. The minimum atomic E-state index is -0.444. The van der Waals surface area contributed by atoms with Crippen molar-refractivity contribution in [1.82, 2.24) is 15.1 Å². The van der Waals surface area contributed by atoms with E-state index >= 15 is 0 Å². The Morgan fingerprint density at radius 1 is 0.976 bits per heavy atom. The lowest BCUT2D eigenvalue weighted by molar-refractivity contribution is 0.0965. The molecule has 41 heavy (non-hydrogen) atoms. The average Bonchev–Trinajstić information content (AvgIpc) is 3.39. The molecule has 2 aliphatic heterocycles. The zero-order valence-electron chi connectivity index (χ0n) is 23.9. The summed E-state index contributed by atoms with van der Waals surface area (Å²) in [6.07, 6.45) is 9.29. The van der Waals surface area contributed by atoms with Crippen LogP contribution in [0.25, 0.3) is 11.1 Å². The normalized spacial score (nSPS) is 19.7. The van der Waals surface area contributed by atoms with Gasteiger partial charge in [-0.1, -0.05) is 54.1 Å². The quantitative estimate of drug-likeness (QED) is 0.365. The van der Waals surface area contributed by atoms with Crippen molar-refractivity contribution in [3.63, 3.8) is 0 Å². The first-order valence-electron chi connectivity index (χ1n) is 14.3. The Labute approximate surface area is 242 Å². The van der Waals surface area contributed by atoms with E-state index in [0.717, 1.165) is 42.6 Å². The van der Waals surface area contributed by atoms with Gasteiger partial charge in [-0.05, 0) is 87.5 Å². The molecule has 0 fully saturated rings. The third-order valence-corrected chi connectivity index (χ3v) is 8.36. The number of anilines is 1. The largest absolute Gasteiger partial charge is 0.374 e. The van der Waals surface area contributed by atoms with E-state index in [4.69, 9.17) is 0 Å². The molecular formula is C35H36N4O2. The summed E-state index contributed by atoms with van der Waals surface area (Å²) < 4.78 is 0. The first-order chi connectivity index (χ1) is 19.9. The topological polar surface area (TPSA) is 64.7 Å². The van der Waals surface area contributed by atoms with Crippen LogP contribution < -0.4 is 10.6 Å². The molecule has 0 radical (unpaired) electrons. The van der Waals surface area contributed by atoms with Gasteiger partial charge in [-0.25, -0.2) is 0 Å². The molecule has 3 aromatic carbocycles. The fraction of sp³-hybridized carbons (Fsp3) is 0.257. The number of Topliss-reactive ketones (excluding diaryl/α,β-unsaturated/α-hetero) is 1. The summed E-state index contributed by atoms with van der Waals surface area (Å²) in [6, 6.07) is 23.0. The molecule has 208 valence electrons. The maximum atomic E-state index is 13.7. The molecule has 1 aliphatic carbocycles. The molecule has 0 spiro atoms. The van der Waals surface area contributed by atoms with Gasteiger partial charge in [-0.15, -0.1) is 0 Å². The molecule has 6 heteroatoms. The predicted molar refractivity (Wildman–Crippen MR) is 165 cm³/mol. The van der Waals surface area contributed by atoms with Crippen LogP contribution in [-0.2, 0) is 0 Å². The van der Waals surface area contributed by atoms with E-state index in [1.165, 1.54) is 17.0 Å². The van der Waals surface area contributed by atoms with Crippen LogP contribution in [0.4, 0.5) is 5.69 Å². The smallest absolute Gasteiger partial charge is 0.256 e. The zero-order chi connectivity index (χ0) is 28.5. The van der Waals surface area contributed by atoms with Crippen LogP contribution in [0.3, 0.4) is 0 Å². The second kappa shape index (κ2) is 11.2. The fourth-order valence-corrected chi connectivity index (χ4v) is 5.96. The van der Waals surface area contributed by atoms with Gasteiger partial charge in [0.1, 0.15) is 6.04 Å². The minimum absolute atomic E-state index is 0.0174. The lowest BCUT2D eigenvalue weighted by Gasteiger charge is -2.35. The highest BCUT2D eigenvalue weighted by atomic mass is 16.1. The van der Waals surface area contributed by atoms with Crippen molar-refractivity contribution in [1.29, 1.82) is 0 Å². The number of carbonyl (C=O) groups excluding carboxylic acids is 2. The summed E-state index contributed by atoms with van der Waals surface area (Å²) in [5.74, 6) is -0.167. The highest BCUT2D eigenvalue weighted by Gasteiger charge is 2.33. The summed E-state index contributed by atoms with van der Waals surface area (Å²) in [5, 5.41) is 6.60. The van der Waals surface area contributed by atoms with Crippen molar-refractivity contribution in [2.24, 2.45) is 0 Å². The molecule has 6 nitrogen and oxygen atoms in total. The monoisotopic (exact) mass is 544 g/mol. The number of allylic oxidation sites excluding steroid dienone is 2. The maximum Gasteiger partial charge on any atom is 0.256 e. The van der Waals surface area contributed by atoms with Gasteiger partial charge >= 0.3 is 0 Å². The number of ketones is 1. The Hall–Kier alpha value is -4.42. The third-order valence-electron chi connectivity index (χ3n) is 8.36. The Morgan fingerprint density at radius 2 is 1.73 bits per heavy atom. The van der Waals surface area contributed by atoms with Gasteiger partial charge in [0.05, 0.1) is 0 Å². The van der Waals surface area contributed by atoms with Gasteiger partial charge < -0.3 is 20.4 Å². The van der Waals surface area contributed by atoms with E-state index in [1.54, 1.807) is 24.3 Å². The summed E-state index contributed by atoms with van der Waals surface area (Å²) in [6.45, 7) is 2.89. The predicted octanol–water partition coefficient (Wildman–Crippen LogP) is 6.15. The first-order valence-corrected chi connectivity index (χ1v) is 14.3. The van der Waals surface area contributed by atoms with Crippen molar-refractivity contribution in [2.75, 3.05) is 26.0 Å². The standard InChI is InChI=1S/C35H36N4O2/c1-23-10-12-24(13-11-23)29-8-4-5-9-30(29)35(41)36-26-16-14-25(15-17-26)34(40)32-21-28-7-6-20-39(28)33-22-27(38(2)3)18-19-31(33)37-32/h4-17,21,27,32,37H,18-20,22H2,1-3H3,(H,36,41)/t27-,32?/m1/s1. The van der Waals surface area contributed by atoms with Gasteiger partial charge in [0.15, 0.2) is 5.78 Å². The van der Waals surface area contributed by atoms with E-state index in [1.807, 2.05) is 61.5 Å². The van der Waals surface area contributed by atoms with Crippen LogP contribution in [0.2, 0.25) is 0 Å². The number of nitrogens with zero attached hydrogens (tertiary/aromatic N) is 2. The van der Waals surface area contributed by atoms with E-state index in [2.05, 4.69) is 46.7 Å². The minimum Gasteiger partial charge on any atom is -0.374 e. The van der Waals surface area contributed by atoms with Crippen LogP contribution in [0.1, 0.15) is 45.5 Å². The molecule has 1 unspecified atom stereocenters. The molecule has 0 saturated heterocycles. The molecule has 6 rings (SSSR count). The van der Waals surface area contributed by atoms with Crippen molar-refractivity contribution < 1.29 is 9.59 Å². The summed E-state index contributed by atoms with van der Waals surface area (Å²) in [4.78, 5) is 31.6. The molecule has 3 aliphatic rings. The SMILES string of the molecule is Cc1ccc(-c2ccccc2C(=O)Nc2ccc(C(=O)C3C=C4C=CCN4C4=C(CC[C@@H](N(C)C)C4)N3)cc2)cc1. The molecule has 1 amide bonds. The number of aryl methyl sites for hydroxylation is 1. The van der Waals surface area contributed by atoms with Crippen LogP contribution >= 0.6 is 0 Å². The number of nitrogens with one attached hydrogen (secondary N) is 2. The van der Waals surface area contributed by atoms with Crippen molar-refractivity contribution in [3.8, 4) is 11.1 Å². The summed E-state index contributed by atoms with van der Waals surface area (Å²) in [7, 11) is 4.28. The Balaban J connectivity index is 1.19. The number of amides is 1. The third kappa shape index (κ3) is 5.48. The number of fused-ring (bicyclic) bond motifs is 2. The van der Waals surface area contributed by atoms with Gasteiger partial charge in [-0.2, -0.15) is 0 Å². The first kappa shape index (κ1) is 26.8. The van der Waals surface area contributed by atoms with Gasteiger partial charge in [0, 0.05) is 52.9 Å². The molecule has 2 N–H and O–H groups in total. The second-order valence-electron chi connectivity index (χ2n) is 11.3. The molecule has 3 aromatic rings. The average molecular weight is 545 g/mol. The van der Waals surface area contributed by atoms with Crippen molar-refractivity contribution in [2.45, 2.75) is 38.3 Å². The highest BCUT2D eigenvalue weighted by Crippen LogP contribution is 2.35. The lowest BCUT2D eigenvalue weighted by Crippen LogP contribution is -2.39. The van der Waals surface area contributed by atoms with E-state index in [-0.39, 0.29) is 11.7 Å². The Kier molecular flexibility index (Phi) is 7.33. The van der Waals surface area contributed by atoms with Crippen LogP contribution in [-0.4, -0.2) is 54.2 Å². The van der Waals surface area contributed by atoms with E-state index < -0.39 is 6.04 Å². The molecule has 2 heterocycles. The fourth-order valence-electron chi connectivity index (χ4n) is 5.96. The van der Waals surface area contributed by atoms with Gasteiger partial charge in [0.25, 0.3) is 5.91 Å². The molecule has 2 atom stereocenters.